The highest BCUT2D eigenvalue weighted by Crippen LogP contribution is 2.56. The molecule has 0 saturated heterocycles. The van der Waals surface area contributed by atoms with Gasteiger partial charge in [0.2, 0.25) is 0 Å². The molecule has 2 heterocycles. The van der Waals surface area contributed by atoms with Crippen LogP contribution in [0.25, 0.3) is 21.8 Å². The number of fused-ring (bicyclic) bond motifs is 6. The molecule has 0 aliphatic heterocycles. The Morgan fingerprint density at radius 1 is 0.880 bits per heavy atom. The number of para-hydroxylation sites is 2. The van der Waals surface area contributed by atoms with E-state index in [4.69, 9.17) is 0 Å². The van der Waals surface area contributed by atoms with Gasteiger partial charge in [-0.25, -0.2) is 0 Å². The van der Waals surface area contributed by atoms with Gasteiger partial charge in [-0.3, -0.25) is 0 Å². The lowest BCUT2D eigenvalue weighted by molar-refractivity contribution is 0.419. The van der Waals surface area contributed by atoms with Gasteiger partial charge in [0, 0.05) is 45.5 Å². The maximum Gasteiger partial charge on any atom is 0.0459 e. The second kappa shape index (κ2) is 4.89. The van der Waals surface area contributed by atoms with Crippen LogP contribution < -0.4 is 0 Å². The van der Waals surface area contributed by atoms with Crippen LogP contribution in [0.3, 0.4) is 0 Å². The van der Waals surface area contributed by atoms with Gasteiger partial charge in [-0.2, -0.15) is 0 Å². The van der Waals surface area contributed by atoms with Crippen molar-refractivity contribution in [3.63, 3.8) is 0 Å². The number of benzene rings is 2. The first kappa shape index (κ1) is 13.5. The van der Waals surface area contributed by atoms with Gasteiger partial charge >= 0.3 is 0 Å². The molecule has 2 nitrogen and oxygen atoms in total. The zero-order valence-corrected chi connectivity index (χ0v) is 14.0. The van der Waals surface area contributed by atoms with Crippen molar-refractivity contribution < 1.29 is 0 Å². The van der Waals surface area contributed by atoms with E-state index in [1.807, 2.05) is 0 Å². The first-order valence-electron chi connectivity index (χ1n) is 9.25. The molecule has 0 spiro atoms. The normalized spacial score (nSPS) is 24.7. The molecule has 0 radical (unpaired) electrons. The summed E-state index contributed by atoms with van der Waals surface area (Å²) in [6.45, 7) is 0. The van der Waals surface area contributed by atoms with Crippen molar-refractivity contribution in [2.24, 2.45) is 5.92 Å². The van der Waals surface area contributed by atoms with E-state index in [1.54, 1.807) is 0 Å². The van der Waals surface area contributed by atoms with E-state index in [1.165, 1.54) is 51.5 Å². The summed E-state index contributed by atoms with van der Waals surface area (Å²) in [5, 5.41) is 2.77. The van der Waals surface area contributed by atoms with Gasteiger partial charge in [0.25, 0.3) is 0 Å². The van der Waals surface area contributed by atoms with Gasteiger partial charge < -0.3 is 9.97 Å². The minimum absolute atomic E-state index is 0.452. The zero-order valence-electron chi connectivity index (χ0n) is 14.0. The first-order valence-corrected chi connectivity index (χ1v) is 9.25. The van der Waals surface area contributed by atoms with Crippen molar-refractivity contribution in [3.8, 4) is 0 Å². The highest BCUT2D eigenvalue weighted by Gasteiger charge is 2.44. The third-order valence-electron chi connectivity index (χ3n) is 6.28. The highest BCUT2D eigenvalue weighted by atomic mass is 14.8. The molecule has 4 aromatic rings. The Morgan fingerprint density at radius 2 is 1.68 bits per heavy atom. The van der Waals surface area contributed by atoms with Crippen molar-refractivity contribution in [2.45, 2.75) is 24.7 Å². The van der Waals surface area contributed by atoms with E-state index in [-0.39, 0.29) is 0 Å². The molecule has 2 aromatic heterocycles. The second-order valence-electron chi connectivity index (χ2n) is 7.46. The van der Waals surface area contributed by atoms with Crippen LogP contribution in [0.4, 0.5) is 0 Å². The van der Waals surface area contributed by atoms with Crippen LogP contribution >= 0.6 is 0 Å². The van der Waals surface area contributed by atoms with Gasteiger partial charge in [0.1, 0.15) is 0 Å². The molecule has 122 valence electrons. The SMILES string of the molecule is C1=C[C@H]2c3c([nH]c4ccccc34)[C@H](c3c[nH]c4ccccc34)[C@H]2CC1. The van der Waals surface area contributed by atoms with Gasteiger partial charge in [-0.1, -0.05) is 48.6 Å². The quantitative estimate of drug-likeness (QED) is 0.412. The van der Waals surface area contributed by atoms with Crippen LogP contribution in [0, 0.1) is 5.92 Å². The number of aromatic amines is 2. The number of nitrogens with one attached hydrogen (secondary N) is 2. The molecule has 2 heteroatoms. The molecule has 0 amide bonds. The fourth-order valence-electron chi connectivity index (χ4n) is 5.28. The Labute approximate surface area is 146 Å². The van der Waals surface area contributed by atoms with Crippen LogP contribution in [-0.2, 0) is 0 Å². The van der Waals surface area contributed by atoms with E-state index in [0.29, 0.717) is 17.8 Å². The van der Waals surface area contributed by atoms with E-state index < -0.39 is 0 Å². The Hall–Kier alpha value is -2.74. The molecular formula is C23H20N2. The molecule has 0 fully saturated rings. The monoisotopic (exact) mass is 324 g/mol. The van der Waals surface area contributed by atoms with Crippen LogP contribution in [-0.4, -0.2) is 9.97 Å². The molecule has 25 heavy (non-hydrogen) atoms. The molecule has 2 aliphatic rings. The zero-order chi connectivity index (χ0) is 16.4. The Kier molecular flexibility index (Phi) is 2.65. The Bertz CT molecular complexity index is 1130. The summed E-state index contributed by atoms with van der Waals surface area (Å²) in [7, 11) is 0. The molecule has 0 bridgehead atoms. The number of hydrogen-bond acceptors (Lipinski definition) is 0. The van der Waals surface area contributed by atoms with E-state index in [0.717, 1.165) is 0 Å². The molecule has 6 rings (SSSR count). The third kappa shape index (κ3) is 1.74. The summed E-state index contributed by atoms with van der Waals surface area (Å²) in [6.07, 6.45) is 9.54. The summed E-state index contributed by atoms with van der Waals surface area (Å²) in [5.74, 6) is 1.65. The highest BCUT2D eigenvalue weighted by molar-refractivity contribution is 5.89. The van der Waals surface area contributed by atoms with Crippen LogP contribution in [0.15, 0.2) is 66.9 Å². The fraction of sp³-hybridized carbons (Fsp3) is 0.217. The number of allylic oxidation sites excluding steroid dienone is 2. The topological polar surface area (TPSA) is 31.6 Å². The molecule has 2 aromatic carbocycles. The van der Waals surface area contributed by atoms with Crippen LogP contribution in [0.1, 0.15) is 41.5 Å². The smallest absolute Gasteiger partial charge is 0.0459 e. The standard InChI is InChI=1S/C23H20N2/c1-2-9-16-15(8-1)21-17-10-4-6-12-20(17)25-23(21)22(16)18-13-24-19-11-5-3-7-14(18)19/h1,3-8,10-13,15-16,22,24-25H,2,9H2/t15-,16+,22+/m1/s1. The van der Waals surface area contributed by atoms with Gasteiger partial charge in [-0.05, 0) is 42.0 Å². The van der Waals surface area contributed by atoms with Crippen molar-refractivity contribution in [3.05, 3.63) is 83.7 Å². The van der Waals surface area contributed by atoms with Crippen molar-refractivity contribution in [2.75, 3.05) is 0 Å². The largest absolute Gasteiger partial charge is 0.361 e. The van der Waals surface area contributed by atoms with Gasteiger partial charge in [-0.15, -0.1) is 0 Å². The summed E-state index contributed by atoms with van der Waals surface area (Å²) < 4.78 is 0. The van der Waals surface area contributed by atoms with E-state index in [9.17, 15) is 0 Å². The molecule has 2 aliphatic carbocycles. The van der Waals surface area contributed by atoms with Crippen molar-refractivity contribution in [1.29, 1.82) is 0 Å². The number of hydrogen-bond donors (Lipinski definition) is 2. The molecule has 2 N–H and O–H groups in total. The summed E-state index contributed by atoms with van der Waals surface area (Å²) in [4.78, 5) is 7.28. The summed E-state index contributed by atoms with van der Waals surface area (Å²) in [5.41, 5.74) is 6.94. The minimum Gasteiger partial charge on any atom is -0.361 e. The first-order chi connectivity index (χ1) is 12.4. The maximum absolute atomic E-state index is 3.79. The fourth-order valence-corrected chi connectivity index (χ4v) is 5.28. The van der Waals surface area contributed by atoms with Crippen LogP contribution in [0.2, 0.25) is 0 Å². The number of aromatic nitrogens is 2. The van der Waals surface area contributed by atoms with Crippen molar-refractivity contribution >= 4 is 21.8 Å². The van der Waals surface area contributed by atoms with Crippen LogP contribution in [0.5, 0.6) is 0 Å². The Balaban J connectivity index is 1.65. The maximum atomic E-state index is 3.79. The molecular weight excluding hydrogens is 304 g/mol. The summed E-state index contributed by atoms with van der Waals surface area (Å²) >= 11 is 0. The second-order valence-corrected chi connectivity index (χ2v) is 7.46. The van der Waals surface area contributed by atoms with Crippen molar-refractivity contribution in [1.82, 2.24) is 9.97 Å². The van der Waals surface area contributed by atoms with E-state index in [2.05, 4.69) is 76.8 Å². The lowest BCUT2D eigenvalue weighted by Gasteiger charge is -2.26. The Morgan fingerprint density at radius 3 is 2.60 bits per heavy atom. The van der Waals surface area contributed by atoms with Gasteiger partial charge in [0.15, 0.2) is 0 Å². The van der Waals surface area contributed by atoms with E-state index >= 15 is 0 Å². The average Bonchev–Trinajstić information content (AvgIpc) is 3.32. The average molecular weight is 324 g/mol. The lowest BCUT2D eigenvalue weighted by atomic mass is 9.77. The molecule has 3 atom stereocenters. The molecule has 0 saturated carbocycles. The minimum atomic E-state index is 0.452. The molecule has 0 unspecified atom stereocenters. The van der Waals surface area contributed by atoms with Gasteiger partial charge in [0.05, 0.1) is 0 Å². The third-order valence-corrected chi connectivity index (χ3v) is 6.28. The number of rotatable bonds is 1. The summed E-state index contributed by atoms with van der Waals surface area (Å²) in [6, 6.07) is 17.5. The number of H-pyrrole nitrogens is 2. The predicted molar refractivity (Wildman–Crippen MR) is 103 cm³/mol. The lowest BCUT2D eigenvalue weighted by Crippen LogP contribution is -2.15. The predicted octanol–water partition coefficient (Wildman–Crippen LogP) is 5.84.